The largest absolute Gasteiger partial charge is 0.492 e. The number of benzene rings is 1. The summed E-state index contributed by atoms with van der Waals surface area (Å²) in [6.07, 6.45) is 2.49. The van der Waals surface area contributed by atoms with Crippen molar-refractivity contribution >= 4 is 29.9 Å². The standard InChI is InChI=1S/C17H30N4O.HI/c1-4-5-13-21(3)14-11-19-17(18-2)20-12-15-22-16-9-7-6-8-10-16;/h6-10H,4-5,11-15H2,1-3H3,(H2,18,19,20);1H. The first-order chi connectivity index (χ1) is 10.8. The van der Waals surface area contributed by atoms with Gasteiger partial charge < -0.3 is 20.3 Å². The number of hydrogen-bond acceptors (Lipinski definition) is 3. The highest BCUT2D eigenvalue weighted by molar-refractivity contribution is 14.0. The van der Waals surface area contributed by atoms with E-state index in [0.29, 0.717) is 6.61 Å². The molecule has 0 fully saturated rings. The predicted octanol–water partition coefficient (Wildman–Crippen LogP) is 2.58. The Morgan fingerprint density at radius 2 is 1.83 bits per heavy atom. The Balaban J connectivity index is 0.00000484. The van der Waals surface area contributed by atoms with Crippen molar-refractivity contribution in [3.05, 3.63) is 30.3 Å². The van der Waals surface area contributed by atoms with Gasteiger partial charge in [-0.3, -0.25) is 4.99 Å². The molecule has 0 saturated heterocycles. The molecule has 0 aliphatic rings. The Kier molecular flexibility index (Phi) is 13.9. The zero-order chi connectivity index (χ0) is 16.0. The third-order valence-corrected chi connectivity index (χ3v) is 3.31. The zero-order valence-electron chi connectivity index (χ0n) is 14.5. The average Bonchev–Trinajstić information content (AvgIpc) is 2.56. The molecule has 132 valence electrons. The van der Waals surface area contributed by atoms with Crippen LogP contribution in [-0.2, 0) is 0 Å². The topological polar surface area (TPSA) is 48.9 Å². The van der Waals surface area contributed by atoms with Crippen molar-refractivity contribution in [3.8, 4) is 5.75 Å². The van der Waals surface area contributed by atoms with E-state index in [1.54, 1.807) is 7.05 Å². The van der Waals surface area contributed by atoms with Gasteiger partial charge in [0.2, 0.25) is 0 Å². The van der Waals surface area contributed by atoms with Crippen LogP contribution in [0.1, 0.15) is 19.8 Å². The van der Waals surface area contributed by atoms with Gasteiger partial charge in [0, 0.05) is 20.1 Å². The molecule has 0 spiro atoms. The van der Waals surface area contributed by atoms with E-state index in [9.17, 15) is 0 Å². The van der Waals surface area contributed by atoms with Gasteiger partial charge in [0.15, 0.2) is 5.96 Å². The first-order valence-electron chi connectivity index (χ1n) is 8.07. The maximum Gasteiger partial charge on any atom is 0.191 e. The number of rotatable bonds is 10. The van der Waals surface area contributed by atoms with Crippen molar-refractivity contribution in [1.29, 1.82) is 0 Å². The van der Waals surface area contributed by atoms with Gasteiger partial charge in [-0.2, -0.15) is 0 Å². The normalized spacial score (nSPS) is 11.0. The molecule has 0 radical (unpaired) electrons. The van der Waals surface area contributed by atoms with Crippen LogP contribution in [0.5, 0.6) is 5.75 Å². The first-order valence-corrected chi connectivity index (χ1v) is 8.07. The van der Waals surface area contributed by atoms with E-state index in [0.717, 1.165) is 37.9 Å². The smallest absolute Gasteiger partial charge is 0.191 e. The summed E-state index contributed by atoms with van der Waals surface area (Å²) in [5.41, 5.74) is 0. The van der Waals surface area contributed by atoms with Gasteiger partial charge in [-0.1, -0.05) is 31.5 Å². The summed E-state index contributed by atoms with van der Waals surface area (Å²) >= 11 is 0. The summed E-state index contributed by atoms with van der Waals surface area (Å²) in [6, 6.07) is 9.84. The number of nitrogens with zero attached hydrogens (tertiary/aromatic N) is 2. The lowest BCUT2D eigenvalue weighted by atomic mass is 10.3. The maximum absolute atomic E-state index is 5.63. The van der Waals surface area contributed by atoms with Crippen LogP contribution in [0.2, 0.25) is 0 Å². The quantitative estimate of drug-likeness (QED) is 0.257. The minimum Gasteiger partial charge on any atom is -0.492 e. The van der Waals surface area contributed by atoms with E-state index in [2.05, 4.69) is 34.5 Å². The van der Waals surface area contributed by atoms with Gasteiger partial charge in [0.1, 0.15) is 12.4 Å². The van der Waals surface area contributed by atoms with E-state index in [1.165, 1.54) is 12.8 Å². The van der Waals surface area contributed by atoms with Crippen LogP contribution in [0.15, 0.2) is 35.3 Å². The third kappa shape index (κ3) is 11.2. The Morgan fingerprint density at radius 1 is 1.13 bits per heavy atom. The second kappa shape index (κ2) is 14.6. The van der Waals surface area contributed by atoms with Crippen molar-refractivity contribution in [1.82, 2.24) is 15.5 Å². The fraction of sp³-hybridized carbons (Fsp3) is 0.588. The molecule has 2 N–H and O–H groups in total. The highest BCUT2D eigenvalue weighted by atomic mass is 127. The number of aliphatic imine (C=N–C) groups is 1. The number of guanidine groups is 1. The average molecular weight is 434 g/mol. The van der Waals surface area contributed by atoms with Crippen LogP contribution < -0.4 is 15.4 Å². The monoisotopic (exact) mass is 434 g/mol. The third-order valence-electron chi connectivity index (χ3n) is 3.31. The SMILES string of the molecule is CCCCN(C)CCNC(=NC)NCCOc1ccccc1.I. The van der Waals surface area contributed by atoms with Gasteiger partial charge in [-0.25, -0.2) is 0 Å². The van der Waals surface area contributed by atoms with Gasteiger partial charge in [0.05, 0.1) is 6.54 Å². The lowest BCUT2D eigenvalue weighted by Gasteiger charge is -2.18. The van der Waals surface area contributed by atoms with Crippen LogP contribution >= 0.6 is 24.0 Å². The van der Waals surface area contributed by atoms with E-state index in [1.807, 2.05) is 30.3 Å². The fourth-order valence-corrected chi connectivity index (χ4v) is 1.98. The Hall–Kier alpha value is -1.02. The number of unbranched alkanes of at least 4 members (excludes halogenated alkanes) is 1. The second-order valence-electron chi connectivity index (χ2n) is 5.24. The first kappa shape index (κ1) is 22.0. The van der Waals surface area contributed by atoms with E-state index < -0.39 is 0 Å². The Bertz CT molecular complexity index is 414. The molecule has 6 heteroatoms. The lowest BCUT2D eigenvalue weighted by molar-refractivity contribution is 0.320. The number of halogens is 1. The molecule has 0 heterocycles. The van der Waals surface area contributed by atoms with Crippen LogP contribution in [0, 0.1) is 0 Å². The summed E-state index contributed by atoms with van der Waals surface area (Å²) in [7, 11) is 3.94. The molecule has 0 bridgehead atoms. The molecule has 0 unspecified atom stereocenters. The zero-order valence-corrected chi connectivity index (χ0v) is 16.9. The van der Waals surface area contributed by atoms with E-state index in [4.69, 9.17) is 4.74 Å². The van der Waals surface area contributed by atoms with Crippen LogP contribution in [0.25, 0.3) is 0 Å². The molecule has 0 atom stereocenters. The van der Waals surface area contributed by atoms with Gasteiger partial charge >= 0.3 is 0 Å². The summed E-state index contributed by atoms with van der Waals surface area (Å²) < 4.78 is 5.63. The van der Waals surface area contributed by atoms with Crippen molar-refractivity contribution < 1.29 is 4.74 Å². The van der Waals surface area contributed by atoms with Crippen LogP contribution in [-0.4, -0.2) is 57.7 Å². The molecule has 23 heavy (non-hydrogen) atoms. The van der Waals surface area contributed by atoms with Crippen LogP contribution in [0.4, 0.5) is 0 Å². The van der Waals surface area contributed by atoms with Gasteiger partial charge in [-0.05, 0) is 32.1 Å². The number of para-hydroxylation sites is 1. The summed E-state index contributed by atoms with van der Waals surface area (Å²) in [5, 5.41) is 6.57. The highest BCUT2D eigenvalue weighted by Crippen LogP contribution is 2.07. The summed E-state index contributed by atoms with van der Waals surface area (Å²) in [4.78, 5) is 6.55. The minimum absolute atomic E-state index is 0. The number of likely N-dealkylation sites (N-methyl/N-ethyl adjacent to an activating group) is 1. The van der Waals surface area contributed by atoms with Crippen molar-refractivity contribution in [2.45, 2.75) is 19.8 Å². The molecule has 1 aromatic carbocycles. The molecular weight excluding hydrogens is 403 g/mol. The van der Waals surface area contributed by atoms with Gasteiger partial charge in [-0.15, -0.1) is 24.0 Å². The maximum atomic E-state index is 5.63. The van der Waals surface area contributed by atoms with E-state index in [-0.39, 0.29) is 24.0 Å². The summed E-state index contributed by atoms with van der Waals surface area (Å²) in [5.74, 6) is 1.71. The highest BCUT2D eigenvalue weighted by Gasteiger charge is 2.00. The molecule has 0 amide bonds. The predicted molar refractivity (Wildman–Crippen MR) is 109 cm³/mol. The molecule has 0 aliphatic carbocycles. The molecular formula is C17H31IN4O. The van der Waals surface area contributed by atoms with Gasteiger partial charge in [0.25, 0.3) is 0 Å². The van der Waals surface area contributed by atoms with E-state index >= 15 is 0 Å². The van der Waals surface area contributed by atoms with Crippen LogP contribution in [0.3, 0.4) is 0 Å². The molecule has 0 saturated carbocycles. The van der Waals surface area contributed by atoms with Crippen molar-refractivity contribution in [3.63, 3.8) is 0 Å². The lowest BCUT2D eigenvalue weighted by Crippen LogP contribution is -2.42. The Morgan fingerprint density at radius 3 is 2.48 bits per heavy atom. The number of hydrogen-bond donors (Lipinski definition) is 2. The van der Waals surface area contributed by atoms with Crippen molar-refractivity contribution in [2.75, 3.05) is 46.9 Å². The second-order valence-corrected chi connectivity index (χ2v) is 5.24. The summed E-state index contributed by atoms with van der Waals surface area (Å²) in [6.45, 7) is 6.60. The fourth-order valence-electron chi connectivity index (χ4n) is 1.98. The molecule has 0 aliphatic heterocycles. The molecule has 1 aromatic rings. The Labute approximate surface area is 157 Å². The molecule has 5 nitrogen and oxygen atoms in total. The molecule has 0 aromatic heterocycles. The molecule has 1 rings (SSSR count). The number of ether oxygens (including phenoxy) is 1. The minimum atomic E-state index is 0. The number of nitrogens with one attached hydrogen (secondary N) is 2. The van der Waals surface area contributed by atoms with Crippen molar-refractivity contribution in [2.24, 2.45) is 4.99 Å².